The highest BCUT2D eigenvalue weighted by molar-refractivity contribution is 5.68. The maximum absolute atomic E-state index is 11.3. The van der Waals surface area contributed by atoms with Crippen LogP contribution in [0, 0.1) is 0 Å². The van der Waals surface area contributed by atoms with E-state index in [1.54, 1.807) is 0 Å². The predicted molar refractivity (Wildman–Crippen MR) is 53.0 cm³/mol. The van der Waals surface area contributed by atoms with Gasteiger partial charge in [-0.2, -0.15) is 0 Å². The first-order valence-electron chi connectivity index (χ1n) is 5.04. The zero-order chi connectivity index (χ0) is 10.8. The summed E-state index contributed by atoms with van der Waals surface area (Å²) in [4.78, 5) is 11.3. The van der Waals surface area contributed by atoms with Gasteiger partial charge in [0.05, 0.1) is 6.10 Å². The first-order valence-corrected chi connectivity index (χ1v) is 5.04. The number of amides is 1. The van der Waals surface area contributed by atoms with Gasteiger partial charge >= 0.3 is 6.09 Å². The van der Waals surface area contributed by atoms with E-state index in [4.69, 9.17) is 4.74 Å². The minimum absolute atomic E-state index is 0.0693. The fourth-order valence-electron chi connectivity index (χ4n) is 1.56. The number of alkyl carbamates (subject to hydrolysis) is 1. The van der Waals surface area contributed by atoms with Crippen LogP contribution < -0.4 is 5.32 Å². The van der Waals surface area contributed by atoms with Crippen molar-refractivity contribution >= 4 is 6.09 Å². The fourth-order valence-corrected chi connectivity index (χ4v) is 1.56. The van der Waals surface area contributed by atoms with Gasteiger partial charge in [-0.3, -0.25) is 0 Å². The molecule has 1 amide bonds. The molecule has 1 saturated carbocycles. The van der Waals surface area contributed by atoms with E-state index < -0.39 is 11.7 Å². The van der Waals surface area contributed by atoms with Gasteiger partial charge in [-0.25, -0.2) is 4.79 Å². The molecule has 0 heterocycles. The van der Waals surface area contributed by atoms with E-state index in [9.17, 15) is 9.90 Å². The Labute approximate surface area is 84.6 Å². The van der Waals surface area contributed by atoms with E-state index in [-0.39, 0.29) is 12.1 Å². The molecule has 82 valence electrons. The standard InChI is InChI=1S/C10H19NO3/c1-10(2,3)14-9(13)11-7-4-5-8(12)6-7/h7-8,12H,4-6H2,1-3H3,(H,11,13)/t7-,8?/m0/s1. The van der Waals surface area contributed by atoms with Crippen LogP contribution in [0.1, 0.15) is 40.0 Å². The van der Waals surface area contributed by atoms with Crippen LogP contribution in [0.3, 0.4) is 0 Å². The largest absolute Gasteiger partial charge is 0.444 e. The molecule has 0 radical (unpaired) electrons. The average molecular weight is 201 g/mol. The number of aliphatic hydroxyl groups is 1. The van der Waals surface area contributed by atoms with Gasteiger partial charge in [0, 0.05) is 6.04 Å². The molecular weight excluding hydrogens is 182 g/mol. The van der Waals surface area contributed by atoms with Gasteiger partial charge in [-0.05, 0) is 40.0 Å². The minimum Gasteiger partial charge on any atom is -0.444 e. The molecule has 4 nitrogen and oxygen atoms in total. The van der Waals surface area contributed by atoms with E-state index in [0.717, 1.165) is 12.8 Å². The van der Waals surface area contributed by atoms with Gasteiger partial charge < -0.3 is 15.2 Å². The second-order valence-corrected chi connectivity index (χ2v) is 4.81. The summed E-state index contributed by atoms with van der Waals surface area (Å²) >= 11 is 0. The van der Waals surface area contributed by atoms with E-state index in [1.807, 2.05) is 20.8 Å². The van der Waals surface area contributed by atoms with Crippen molar-refractivity contribution in [2.45, 2.75) is 57.8 Å². The summed E-state index contributed by atoms with van der Waals surface area (Å²) in [5.74, 6) is 0. The molecule has 0 spiro atoms. The number of nitrogens with one attached hydrogen (secondary N) is 1. The molecule has 2 atom stereocenters. The molecule has 0 aromatic rings. The van der Waals surface area contributed by atoms with E-state index in [0.29, 0.717) is 6.42 Å². The minimum atomic E-state index is -0.457. The number of aliphatic hydroxyl groups excluding tert-OH is 1. The third kappa shape index (κ3) is 3.96. The predicted octanol–water partition coefficient (Wildman–Crippen LogP) is 1.42. The number of ether oxygens (including phenoxy) is 1. The average Bonchev–Trinajstić information content (AvgIpc) is 2.30. The molecule has 0 aliphatic heterocycles. The Hall–Kier alpha value is -0.770. The molecule has 0 aromatic carbocycles. The van der Waals surface area contributed by atoms with Gasteiger partial charge in [0.15, 0.2) is 0 Å². The topological polar surface area (TPSA) is 58.6 Å². The Balaban J connectivity index is 2.27. The molecule has 2 N–H and O–H groups in total. The maximum Gasteiger partial charge on any atom is 0.407 e. The van der Waals surface area contributed by atoms with Crippen molar-refractivity contribution in [1.82, 2.24) is 5.32 Å². The van der Waals surface area contributed by atoms with Crippen molar-refractivity contribution in [1.29, 1.82) is 0 Å². The second-order valence-electron chi connectivity index (χ2n) is 4.81. The number of hydrogen-bond acceptors (Lipinski definition) is 3. The Morgan fingerprint density at radius 1 is 1.43 bits per heavy atom. The monoisotopic (exact) mass is 201 g/mol. The van der Waals surface area contributed by atoms with E-state index in [1.165, 1.54) is 0 Å². The van der Waals surface area contributed by atoms with Gasteiger partial charge in [-0.15, -0.1) is 0 Å². The molecule has 1 fully saturated rings. The highest BCUT2D eigenvalue weighted by atomic mass is 16.6. The number of hydrogen-bond donors (Lipinski definition) is 2. The number of carbonyl (C=O) groups excluding carboxylic acids is 1. The lowest BCUT2D eigenvalue weighted by atomic mass is 10.2. The first-order chi connectivity index (χ1) is 6.37. The summed E-state index contributed by atoms with van der Waals surface area (Å²) < 4.78 is 5.10. The zero-order valence-corrected chi connectivity index (χ0v) is 9.04. The third-order valence-corrected chi connectivity index (χ3v) is 2.13. The van der Waals surface area contributed by atoms with Crippen molar-refractivity contribution in [3.63, 3.8) is 0 Å². The Morgan fingerprint density at radius 2 is 2.07 bits per heavy atom. The highest BCUT2D eigenvalue weighted by Crippen LogP contribution is 2.19. The lowest BCUT2D eigenvalue weighted by molar-refractivity contribution is 0.0502. The van der Waals surface area contributed by atoms with Crippen LogP contribution in [0.15, 0.2) is 0 Å². The molecule has 1 rings (SSSR count). The zero-order valence-electron chi connectivity index (χ0n) is 9.04. The Morgan fingerprint density at radius 3 is 2.50 bits per heavy atom. The first kappa shape index (κ1) is 11.3. The SMILES string of the molecule is CC(C)(C)OC(=O)N[C@H]1CCC(O)C1. The lowest BCUT2D eigenvalue weighted by Gasteiger charge is -2.21. The second kappa shape index (κ2) is 4.17. The molecule has 14 heavy (non-hydrogen) atoms. The molecule has 4 heteroatoms. The smallest absolute Gasteiger partial charge is 0.407 e. The Kier molecular flexibility index (Phi) is 3.37. The van der Waals surface area contributed by atoms with Crippen LogP contribution >= 0.6 is 0 Å². The van der Waals surface area contributed by atoms with Crippen molar-refractivity contribution in [2.75, 3.05) is 0 Å². The highest BCUT2D eigenvalue weighted by Gasteiger charge is 2.26. The third-order valence-electron chi connectivity index (χ3n) is 2.13. The molecule has 0 saturated heterocycles. The summed E-state index contributed by atoms with van der Waals surface area (Å²) in [5.41, 5.74) is -0.457. The fraction of sp³-hybridized carbons (Fsp3) is 0.900. The van der Waals surface area contributed by atoms with Gasteiger partial charge in [-0.1, -0.05) is 0 Å². The number of rotatable bonds is 1. The van der Waals surface area contributed by atoms with Crippen LogP contribution in [0.5, 0.6) is 0 Å². The lowest BCUT2D eigenvalue weighted by Crippen LogP contribution is -2.38. The molecular formula is C10H19NO3. The summed E-state index contributed by atoms with van der Waals surface area (Å²) in [7, 11) is 0. The van der Waals surface area contributed by atoms with Crippen molar-refractivity contribution in [3.05, 3.63) is 0 Å². The maximum atomic E-state index is 11.3. The molecule has 0 bridgehead atoms. The van der Waals surface area contributed by atoms with Gasteiger partial charge in [0.1, 0.15) is 5.60 Å². The van der Waals surface area contributed by atoms with Crippen molar-refractivity contribution in [2.24, 2.45) is 0 Å². The normalized spacial score (nSPS) is 27.4. The summed E-state index contributed by atoms with van der Waals surface area (Å²) in [6, 6.07) is 0.0693. The quantitative estimate of drug-likeness (QED) is 0.674. The van der Waals surface area contributed by atoms with E-state index in [2.05, 4.69) is 5.32 Å². The summed E-state index contributed by atoms with van der Waals surface area (Å²) in [5, 5.41) is 12.0. The van der Waals surface area contributed by atoms with Gasteiger partial charge in [0.2, 0.25) is 0 Å². The Bertz CT molecular complexity index is 210. The summed E-state index contributed by atoms with van der Waals surface area (Å²) in [6.07, 6.45) is 1.58. The van der Waals surface area contributed by atoms with Crippen LogP contribution in [0.25, 0.3) is 0 Å². The van der Waals surface area contributed by atoms with Crippen LogP contribution in [-0.2, 0) is 4.74 Å². The van der Waals surface area contributed by atoms with Crippen LogP contribution in [0.2, 0.25) is 0 Å². The van der Waals surface area contributed by atoms with Crippen molar-refractivity contribution in [3.8, 4) is 0 Å². The van der Waals surface area contributed by atoms with Crippen molar-refractivity contribution < 1.29 is 14.6 Å². The molecule has 1 aliphatic rings. The van der Waals surface area contributed by atoms with Gasteiger partial charge in [0.25, 0.3) is 0 Å². The van der Waals surface area contributed by atoms with Crippen LogP contribution in [0.4, 0.5) is 4.79 Å². The molecule has 0 aromatic heterocycles. The van der Waals surface area contributed by atoms with Crippen LogP contribution in [-0.4, -0.2) is 28.9 Å². The number of carbonyl (C=O) groups is 1. The van der Waals surface area contributed by atoms with E-state index >= 15 is 0 Å². The molecule has 1 unspecified atom stereocenters. The summed E-state index contributed by atoms with van der Waals surface area (Å²) in [6.45, 7) is 5.49. The molecule has 1 aliphatic carbocycles.